The van der Waals surface area contributed by atoms with Gasteiger partial charge < -0.3 is 5.32 Å². The summed E-state index contributed by atoms with van der Waals surface area (Å²) >= 11 is 1.56. The first-order valence-electron chi connectivity index (χ1n) is 7.64. The van der Waals surface area contributed by atoms with Gasteiger partial charge in [-0.05, 0) is 44.2 Å². The molecule has 2 aromatic rings. The van der Waals surface area contributed by atoms with Gasteiger partial charge >= 0.3 is 0 Å². The van der Waals surface area contributed by atoms with Crippen LogP contribution in [0.15, 0.2) is 46.1 Å². The van der Waals surface area contributed by atoms with Crippen molar-refractivity contribution in [2.24, 2.45) is 0 Å². The van der Waals surface area contributed by atoms with Gasteiger partial charge in [0.25, 0.3) is 5.56 Å². The topological polar surface area (TPSA) is 64.0 Å². The van der Waals surface area contributed by atoms with Crippen molar-refractivity contribution >= 4 is 23.4 Å². The summed E-state index contributed by atoms with van der Waals surface area (Å²) in [4.78, 5) is 25.5. The van der Waals surface area contributed by atoms with Crippen molar-refractivity contribution in [3.05, 3.63) is 52.4 Å². The number of anilines is 1. The average molecular weight is 329 g/mol. The van der Waals surface area contributed by atoms with Gasteiger partial charge in [-0.25, -0.2) is 4.68 Å². The van der Waals surface area contributed by atoms with Crippen molar-refractivity contribution < 1.29 is 4.79 Å². The normalized spacial score (nSPS) is 15.2. The number of hydrogen-bond donors (Lipinski definition) is 1. The molecule has 1 aromatic heterocycles. The van der Waals surface area contributed by atoms with Crippen LogP contribution in [0, 0.1) is 0 Å². The number of nitrogens with one attached hydrogen (secondary N) is 1. The molecular weight excluding hydrogens is 310 g/mol. The lowest BCUT2D eigenvalue weighted by molar-refractivity contribution is -0.119. The second-order valence-corrected chi connectivity index (χ2v) is 6.53. The van der Waals surface area contributed by atoms with E-state index in [0.717, 1.165) is 29.1 Å². The molecule has 1 fully saturated rings. The van der Waals surface area contributed by atoms with Crippen LogP contribution in [-0.4, -0.2) is 21.9 Å². The third-order valence-electron chi connectivity index (χ3n) is 3.95. The Morgan fingerprint density at radius 3 is 2.74 bits per heavy atom. The highest BCUT2D eigenvalue weighted by Gasteiger charge is 2.27. The number of rotatable bonds is 5. The summed E-state index contributed by atoms with van der Waals surface area (Å²) in [5.74, 6) is 0.198. The maximum Gasteiger partial charge on any atom is 0.267 e. The van der Waals surface area contributed by atoms with Crippen LogP contribution < -0.4 is 10.9 Å². The first-order valence-corrected chi connectivity index (χ1v) is 8.86. The molecule has 120 valence electrons. The summed E-state index contributed by atoms with van der Waals surface area (Å²) < 4.78 is 1.28. The van der Waals surface area contributed by atoms with E-state index < -0.39 is 6.04 Å². The fourth-order valence-electron chi connectivity index (χ4n) is 2.41. The minimum absolute atomic E-state index is 0.242. The molecule has 3 rings (SSSR count). The number of thioether (sulfide) groups is 1. The van der Waals surface area contributed by atoms with Gasteiger partial charge in [0, 0.05) is 16.9 Å². The Morgan fingerprint density at radius 2 is 2.04 bits per heavy atom. The number of nitrogens with zero attached hydrogens (tertiary/aromatic N) is 2. The molecule has 0 bridgehead atoms. The Balaban J connectivity index is 1.82. The highest BCUT2D eigenvalue weighted by molar-refractivity contribution is 7.98. The quantitative estimate of drug-likeness (QED) is 0.856. The second kappa shape index (κ2) is 6.58. The minimum Gasteiger partial charge on any atom is -0.323 e. The highest BCUT2D eigenvalue weighted by atomic mass is 32.2. The van der Waals surface area contributed by atoms with Gasteiger partial charge in [-0.3, -0.25) is 9.59 Å². The van der Waals surface area contributed by atoms with Gasteiger partial charge in [0.2, 0.25) is 5.91 Å². The van der Waals surface area contributed by atoms with Crippen molar-refractivity contribution in [2.75, 3.05) is 11.6 Å². The smallest absolute Gasteiger partial charge is 0.267 e. The molecule has 0 spiro atoms. The number of aromatic nitrogens is 2. The van der Waals surface area contributed by atoms with Crippen LogP contribution in [-0.2, 0) is 4.79 Å². The van der Waals surface area contributed by atoms with Crippen LogP contribution in [0.1, 0.15) is 37.4 Å². The van der Waals surface area contributed by atoms with E-state index in [0.29, 0.717) is 5.92 Å². The van der Waals surface area contributed by atoms with Crippen molar-refractivity contribution in [1.82, 2.24) is 9.78 Å². The van der Waals surface area contributed by atoms with Crippen molar-refractivity contribution in [3.63, 3.8) is 0 Å². The molecule has 1 amide bonds. The second-order valence-electron chi connectivity index (χ2n) is 5.68. The molecule has 6 heteroatoms. The van der Waals surface area contributed by atoms with Gasteiger partial charge in [-0.2, -0.15) is 5.10 Å². The van der Waals surface area contributed by atoms with Crippen LogP contribution in [0.2, 0.25) is 0 Å². The molecule has 1 saturated carbocycles. The number of benzene rings is 1. The first kappa shape index (κ1) is 15.8. The zero-order chi connectivity index (χ0) is 16.4. The Morgan fingerprint density at radius 1 is 1.30 bits per heavy atom. The molecular formula is C17H19N3O2S. The SMILES string of the molecule is CSc1ccccc1NC(=O)[C@@H](C)n1nc(C2CC2)ccc1=O. The number of amides is 1. The van der Waals surface area contributed by atoms with E-state index in [4.69, 9.17) is 0 Å². The Labute approximate surface area is 139 Å². The fourth-order valence-corrected chi connectivity index (χ4v) is 2.96. The average Bonchev–Trinajstić information content (AvgIpc) is 3.40. The van der Waals surface area contributed by atoms with Crippen LogP contribution in [0.4, 0.5) is 5.69 Å². The first-order chi connectivity index (χ1) is 11.1. The predicted molar refractivity (Wildman–Crippen MR) is 92.0 cm³/mol. The Bertz CT molecular complexity index is 783. The van der Waals surface area contributed by atoms with Crippen LogP contribution in [0.25, 0.3) is 0 Å². The summed E-state index contributed by atoms with van der Waals surface area (Å²) in [5.41, 5.74) is 1.40. The monoisotopic (exact) mass is 329 g/mol. The molecule has 0 radical (unpaired) electrons. The van der Waals surface area contributed by atoms with Crippen LogP contribution in [0.5, 0.6) is 0 Å². The fraction of sp³-hybridized carbons (Fsp3) is 0.353. The van der Waals surface area contributed by atoms with E-state index in [9.17, 15) is 9.59 Å². The molecule has 1 heterocycles. The van der Waals surface area contributed by atoms with Gasteiger partial charge in [-0.15, -0.1) is 11.8 Å². The maximum absolute atomic E-state index is 12.5. The molecule has 0 saturated heterocycles. The van der Waals surface area contributed by atoms with E-state index in [1.807, 2.05) is 30.5 Å². The van der Waals surface area contributed by atoms with Gasteiger partial charge in [-0.1, -0.05) is 12.1 Å². The molecule has 0 unspecified atom stereocenters. The molecule has 0 aliphatic heterocycles. The number of carbonyl (C=O) groups excluding carboxylic acids is 1. The summed E-state index contributed by atoms with van der Waals surface area (Å²) in [6.07, 6.45) is 4.17. The van der Waals surface area contributed by atoms with Crippen molar-refractivity contribution in [3.8, 4) is 0 Å². The highest BCUT2D eigenvalue weighted by Crippen LogP contribution is 2.38. The van der Waals surface area contributed by atoms with E-state index in [-0.39, 0.29) is 11.5 Å². The lowest BCUT2D eigenvalue weighted by Gasteiger charge is -2.16. The van der Waals surface area contributed by atoms with Crippen LogP contribution in [0.3, 0.4) is 0 Å². The lowest BCUT2D eigenvalue weighted by atomic mass is 10.2. The maximum atomic E-state index is 12.5. The molecule has 23 heavy (non-hydrogen) atoms. The third-order valence-corrected chi connectivity index (χ3v) is 4.75. The molecule has 1 aromatic carbocycles. The van der Waals surface area contributed by atoms with Crippen LogP contribution >= 0.6 is 11.8 Å². The minimum atomic E-state index is -0.656. The van der Waals surface area contributed by atoms with E-state index in [1.165, 1.54) is 10.7 Å². The molecule has 1 aliphatic rings. The predicted octanol–water partition coefficient (Wildman–Crippen LogP) is 3.04. The number of hydrogen-bond acceptors (Lipinski definition) is 4. The van der Waals surface area contributed by atoms with E-state index in [2.05, 4.69) is 10.4 Å². The molecule has 1 atom stereocenters. The molecule has 5 nitrogen and oxygen atoms in total. The van der Waals surface area contributed by atoms with Gasteiger partial charge in [0.1, 0.15) is 6.04 Å². The van der Waals surface area contributed by atoms with E-state index in [1.54, 1.807) is 24.8 Å². The van der Waals surface area contributed by atoms with Gasteiger partial charge in [0.05, 0.1) is 11.4 Å². The summed E-state index contributed by atoms with van der Waals surface area (Å²) in [5, 5.41) is 7.27. The lowest BCUT2D eigenvalue weighted by Crippen LogP contribution is -2.33. The molecule has 1 aliphatic carbocycles. The number of carbonyl (C=O) groups is 1. The third kappa shape index (κ3) is 3.47. The molecule has 1 N–H and O–H groups in total. The van der Waals surface area contributed by atoms with Crippen molar-refractivity contribution in [2.45, 2.75) is 36.6 Å². The summed E-state index contributed by atoms with van der Waals surface area (Å²) in [7, 11) is 0. The summed E-state index contributed by atoms with van der Waals surface area (Å²) in [6.45, 7) is 1.70. The van der Waals surface area contributed by atoms with Crippen molar-refractivity contribution in [1.29, 1.82) is 0 Å². The van der Waals surface area contributed by atoms with Gasteiger partial charge in [0.15, 0.2) is 0 Å². The standard InChI is InChI=1S/C17H19N3O2S/c1-11(17(22)18-14-5-3-4-6-15(14)23-2)20-16(21)10-9-13(19-20)12-7-8-12/h3-6,9-12H,7-8H2,1-2H3,(H,18,22)/t11-/m1/s1. The largest absolute Gasteiger partial charge is 0.323 e. The zero-order valence-electron chi connectivity index (χ0n) is 13.2. The summed E-state index contributed by atoms with van der Waals surface area (Å²) in [6, 6.07) is 10.2. The number of para-hydroxylation sites is 1. The Hall–Kier alpha value is -2.08. The Kier molecular flexibility index (Phi) is 4.52. The zero-order valence-corrected chi connectivity index (χ0v) is 14.0. The van der Waals surface area contributed by atoms with E-state index >= 15 is 0 Å².